The number of nitriles is 1. The van der Waals surface area contributed by atoms with Crippen molar-refractivity contribution < 1.29 is 0 Å². The Morgan fingerprint density at radius 1 is 1.05 bits per heavy atom. The molecule has 0 aliphatic carbocycles. The molecule has 2 fully saturated rings. The van der Waals surface area contributed by atoms with Crippen molar-refractivity contribution in [3.8, 4) is 6.19 Å². The van der Waals surface area contributed by atoms with Crippen LogP contribution in [-0.4, -0.2) is 66.5 Å². The number of piperazine rings is 1. The molecule has 0 atom stereocenters. The third-order valence-corrected chi connectivity index (χ3v) is 3.82. The lowest BCUT2D eigenvalue weighted by Crippen LogP contribution is -2.53. The summed E-state index contributed by atoms with van der Waals surface area (Å²) >= 11 is 0. The summed E-state index contributed by atoms with van der Waals surface area (Å²) in [5.74, 6) is 1.63. The third kappa shape index (κ3) is 3.84. The molecule has 2 saturated heterocycles. The lowest BCUT2D eigenvalue weighted by molar-refractivity contribution is 0.157. The molecular weight excluding hydrogens is 238 g/mol. The normalized spacial score (nSPS) is 22.1. The third-order valence-electron chi connectivity index (χ3n) is 3.82. The molecule has 106 valence electrons. The molecule has 2 aliphatic rings. The first-order valence-corrected chi connectivity index (χ1v) is 7.39. The summed E-state index contributed by atoms with van der Waals surface area (Å²) in [6.07, 6.45) is 4.42. The van der Waals surface area contributed by atoms with E-state index in [1.807, 2.05) is 6.19 Å². The molecule has 0 aromatic carbocycles. The maximum Gasteiger partial charge on any atom is 0.212 e. The van der Waals surface area contributed by atoms with Crippen molar-refractivity contribution >= 4 is 5.96 Å². The maximum atomic E-state index is 8.90. The Labute approximate surface area is 116 Å². The van der Waals surface area contributed by atoms with E-state index in [0.29, 0.717) is 0 Å². The van der Waals surface area contributed by atoms with Gasteiger partial charge in [-0.1, -0.05) is 13.8 Å². The van der Waals surface area contributed by atoms with Crippen molar-refractivity contribution in [1.82, 2.24) is 14.7 Å². The van der Waals surface area contributed by atoms with E-state index >= 15 is 0 Å². The minimum Gasteiger partial charge on any atom is -0.342 e. The SMILES string of the molecule is CC(C)CN1CCN(C(=NC#N)N2CCCC2)CC1. The van der Waals surface area contributed by atoms with Gasteiger partial charge in [0.05, 0.1) is 0 Å². The van der Waals surface area contributed by atoms with E-state index in [2.05, 4.69) is 33.5 Å². The number of rotatable bonds is 2. The zero-order chi connectivity index (χ0) is 13.7. The van der Waals surface area contributed by atoms with Gasteiger partial charge in [0.15, 0.2) is 0 Å². The van der Waals surface area contributed by atoms with Gasteiger partial charge in [-0.05, 0) is 18.8 Å². The molecule has 0 aromatic heterocycles. The minimum absolute atomic E-state index is 0.720. The maximum absolute atomic E-state index is 8.90. The largest absolute Gasteiger partial charge is 0.342 e. The van der Waals surface area contributed by atoms with Gasteiger partial charge in [0.2, 0.25) is 12.2 Å². The van der Waals surface area contributed by atoms with E-state index in [4.69, 9.17) is 5.26 Å². The van der Waals surface area contributed by atoms with Gasteiger partial charge in [-0.25, -0.2) is 0 Å². The number of guanidine groups is 1. The molecule has 0 saturated carbocycles. The van der Waals surface area contributed by atoms with Gasteiger partial charge in [-0.3, -0.25) is 4.90 Å². The van der Waals surface area contributed by atoms with Crippen LogP contribution in [0.1, 0.15) is 26.7 Å². The predicted molar refractivity (Wildman–Crippen MR) is 76.7 cm³/mol. The summed E-state index contributed by atoms with van der Waals surface area (Å²) in [4.78, 5) is 11.1. The fourth-order valence-corrected chi connectivity index (χ4v) is 2.95. The van der Waals surface area contributed by atoms with Crippen LogP contribution in [0.5, 0.6) is 0 Å². The molecule has 0 spiro atoms. The molecular formula is C14H25N5. The van der Waals surface area contributed by atoms with E-state index in [0.717, 1.165) is 51.1 Å². The second-order valence-electron chi connectivity index (χ2n) is 5.89. The van der Waals surface area contributed by atoms with E-state index in [-0.39, 0.29) is 0 Å². The van der Waals surface area contributed by atoms with Gasteiger partial charge in [0.25, 0.3) is 0 Å². The monoisotopic (exact) mass is 263 g/mol. The highest BCUT2D eigenvalue weighted by Gasteiger charge is 2.25. The molecule has 0 N–H and O–H groups in total. The smallest absolute Gasteiger partial charge is 0.212 e. The van der Waals surface area contributed by atoms with Gasteiger partial charge in [-0.15, -0.1) is 4.99 Å². The van der Waals surface area contributed by atoms with Crippen LogP contribution in [0.3, 0.4) is 0 Å². The van der Waals surface area contributed by atoms with Crippen LogP contribution in [0.25, 0.3) is 0 Å². The van der Waals surface area contributed by atoms with Crippen molar-refractivity contribution in [1.29, 1.82) is 5.26 Å². The molecule has 0 unspecified atom stereocenters. The van der Waals surface area contributed by atoms with Gasteiger partial charge >= 0.3 is 0 Å². The molecule has 0 bridgehead atoms. The zero-order valence-electron chi connectivity index (χ0n) is 12.2. The molecule has 0 amide bonds. The Kier molecular flexibility index (Phi) is 5.03. The summed E-state index contributed by atoms with van der Waals surface area (Å²) in [7, 11) is 0. The van der Waals surface area contributed by atoms with Gasteiger partial charge in [0.1, 0.15) is 0 Å². The standard InChI is InChI=1S/C14H25N5/c1-13(2)11-17-7-9-19(10-8-17)14(16-12-15)18-5-3-4-6-18/h13H,3-11H2,1-2H3. The fourth-order valence-electron chi connectivity index (χ4n) is 2.95. The zero-order valence-corrected chi connectivity index (χ0v) is 12.2. The van der Waals surface area contributed by atoms with Crippen molar-refractivity contribution in [2.45, 2.75) is 26.7 Å². The number of hydrogen-bond acceptors (Lipinski definition) is 3. The van der Waals surface area contributed by atoms with Crippen LogP contribution >= 0.6 is 0 Å². The average molecular weight is 263 g/mol. The van der Waals surface area contributed by atoms with Crippen molar-refractivity contribution in [3.63, 3.8) is 0 Å². The average Bonchev–Trinajstić information content (AvgIpc) is 2.90. The molecule has 0 aromatic rings. The Bertz CT molecular complexity index is 343. The van der Waals surface area contributed by atoms with Crippen LogP contribution in [-0.2, 0) is 0 Å². The van der Waals surface area contributed by atoms with Crippen LogP contribution in [0.2, 0.25) is 0 Å². The lowest BCUT2D eigenvalue weighted by atomic mass is 10.2. The first kappa shape index (κ1) is 14.1. The predicted octanol–water partition coefficient (Wildman–Crippen LogP) is 1.19. The highest BCUT2D eigenvalue weighted by atomic mass is 15.4. The number of nitrogens with zero attached hydrogens (tertiary/aromatic N) is 5. The van der Waals surface area contributed by atoms with E-state index < -0.39 is 0 Å². The highest BCUT2D eigenvalue weighted by molar-refractivity contribution is 5.81. The van der Waals surface area contributed by atoms with Crippen LogP contribution < -0.4 is 0 Å². The van der Waals surface area contributed by atoms with Crippen molar-refractivity contribution in [3.05, 3.63) is 0 Å². The Balaban J connectivity index is 1.91. The Morgan fingerprint density at radius 3 is 2.16 bits per heavy atom. The minimum atomic E-state index is 0.720. The molecule has 0 radical (unpaired) electrons. The van der Waals surface area contributed by atoms with E-state index in [9.17, 15) is 0 Å². The topological polar surface area (TPSA) is 45.9 Å². The number of hydrogen-bond donors (Lipinski definition) is 0. The molecule has 2 heterocycles. The molecule has 2 rings (SSSR count). The molecule has 2 aliphatic heterocycles. The van der Waals surface area contributed by atoms with Crippen molar-refractivity contribution in [2.24, 2.45) is 10.9 Å². The summed E-state index contributed by atoms with van der Waals surface area (Å²) in [6, 6.07) is 0. The summed E-state index contributed by atoms with van der Waals surface area (Å²) in [6.45, 7) is 11.9. The second-order valence-corrected chi connectivity index (χ2v) is 5.89. The second kappa shape index (κ2) is 6.76. The van der Waals surface area contributed by atoms with Crippen molar-refractivity contribution in [2.75, 3.05) is 45.8 Å². The fraction of sp³-hybridized carbons (Fsp3) is 0.857. The quantitative estimate of drug-likeness (QED) is 0.426. The van der Waals surface area contributed by atoms with Crippen LogP contribution in [0, 0.1) is 17.4 Å². The Morgan fingerprint density at radius 2 is 1.63 bits per heavy atom. The number of likely N-dealkylation sites (tertiary alicyclic amines) is 1. The lowest BCUT2D eigenvalue weighted by Gasteiger charge is -2.39. The van der Waals surface area contributed by atoms with Crippen LogP contribution in [0.15, 0.2) is 4.99 Å². The van der Waals surface area contributed by atoms with Gasteiger partial charge < -0.3 is 9.80 Å². The summed E-state index contributed by atoms with van der Waals surface area (Å²) in [5.41, 5.74) is 0. The highest BCUT2D eigenvalue weighted by Crippen LogP contribution is 2.13. The first-order valence-electron chi connectivity index (χ1n) is 7.39. The summed E-state index contributed by atoms with van der Waals surface area (Å²) in [5, 5.41) is 8.90. The Hall–Kier alpha value is -1.28. The van der Waals surface area contributed by atoms with E-state index in [1.165, 1.54) is 19.4 Å². The van der Waals surface area contributed by atoms with E-state index in [1.54, 1.807) is 0 Å². The van der Waals surface area contributed by atoms with Gasteiger partial charge in [-0.2, -0.15) is 5.26 Å². The van der Waals surface area contributed by atoms with Gasteiger partial charge in [0, 0.05) is 45.8 Å². The molecule has 5 heteroatoms. The number of aliphatic imine (C=N–C) groups is 1. The molecule has 5 nitrogen and oxygen atoms in total. The molecule has 19 heavy (non-hydrogen) atoms. The first-order chi connectivity index (χ1) is 9.20. The summed E-state index contributed by atoms with van der Waals surface area (Å²) < 4.78 is 0. The van der Waals surface area contributed by atoms with Crippen LogP contribution in [0.4, 0.5) is 0 Å².